The molecule has 0 spiro atoms. The van der Waals surface area contributed by atoms with Gasteiger partial charge >= 0.3 is 5.82 Å². The molecule has 0 saturated carbocycles. The predicted molar refractivity (Wildman–Crippen MR) is 47.7 cm³/mol. The summed E-state index contributed by atoms with van der Waals surface area (Å²) in [6, 6.07) is 0. The Labute approximate surface area is 78.9 Å². The molecule has 7 heteroatoms. The molecular formula is C5H6ClN3O2S. The van der Waals surface area contributed by atoms with Crippen LogP contribution in [0.3, 0.4) is 0 Å². The Morgan fingerprint density at radius 2 is 2.50 bits per heavy atom. The Balaban J connectivity index is 2.92. The SMILES string of the molecule is O=[N+]([O-])c1nn(CCS)cc1Cl. The molecule has 66 valence electrons. The van der Waals surface area contributed by atoms with E-state index < -0.39 is 4.92 Å². The zero-order valence-electron chi connectivity index (χ0n) is 5.97. The first kappa shape index (κ1) is 9.34. The maximum Gasteiger partial charge on any atom is 0.408 e. The van der Waals surface area contributed by atoms with Gasteiger partial charge in [0.05, 0.1) is 17.8 Å². The Morgan fingerprint density at radius 3 is 2.92 bits per heavy atom. The second-order valence-electron chi connectivity index (χ2n) is 2.04. The summed E-state index contributed by atoms with van der Waals surface area (Å²) < 4.78 is 1.40. The molecule has 0 aromatic carbocycles. The zero-order chi connectivity index (χ0) is 9.14. The lowest BCUT2D eigenvalue weighted by molar-refractivity contribution is -0.389. The number of aryl methyl sites for hydroxylation is 1. The Hall–Kier alpha value is -0.750. The first-order chi connectivity index (χ1) is 5.65. The molecule has 1 heterocycles. The smallest absolute Gasteiger partial charge is 0.358 e. The number of aromatic nitrogens is 2. The van der Waals surface area contributed by atoms with Crippen molar-refractivity contribution in [2.24, 2.45) is 0 Å². The molecule has 0 atom stereocenters. The summed E-state index contributed by atoms with van der Waals surface area (Å²) >= 11 is 9.48. The maximum absolute atomic E-state index is 10.3. The second kappa shape index (κ2) is 3.77. The van der Waals surface area contributed by atoms with Gasteiger partial charge in [0, 0.05) is 5.75 Å². The lowest BCUT2D eigenvalue weighted by Gasteiger charge is -1.87. The zero-order valence-corrected chi connectivity index (χ0v) is 7.63. The molecule has 0 fully saturated rings. The molecule has 0 aliphatic heterocycles. The second-order valence-corrected chi connectivity index (χ2v) is 2.90. The molecule has 0 radical (unpaired) electrons. The van der Waals surface area contributed by atoms with Crippen LogP contribution in [0.15, 0.2) is 6.20 Å². The number of thiol groups is 1. The van der Waals surface area contributed by atoms with Crippen molar-refractivity contribution in [1.29, 1.82) is 0 Å². The number of halogens is 1. The van der Waals surface area contributed by atoms with Gasteiger partial charge in [-0.1, -0.05) is 11.6 Å². The van der Waals surface area contributed by atoms with Crippen LogP contribution < -0.4 is 0 Å². The van der Waals surface area contributed by atoms with Crippen LogP contribution in [0.1, 0.15) is 0 Å². The van der Waals surface area contributed by atoms with Crippen LogP contribution in [0, 0.1) is 10.1 Å². The molecule has 1 aromatic heterocycles. The van der Waals surface area contributed by atoms with Crippen LogP contribution in [-0.2, 0) is 6.54 Å². The van der Waals surface area contributed by atoms with Gasteiger partial charge in [-0.3, -0.25) is 0 Å². The van der Waals surface area contributed by atoms with E-state index >= 15 is 0 Å². The Morgan fingerprint density at radius 1 is 1.83 bits per heavy atom. The van der Waals surface area contributed by atoms with Gasteiger partial charge in [0.25, 0.3) is 0 Å². The van der Waals surface area contributed by atoms with E-state index in [1.54, 1.807) is 0 Å². The van der Waals surface area contributed by atoms with Gasteiger partial charge in [-0.05, 0) is 4.92 Å². The van der Waals surface area contributed by atoms with E-state index in [1.807, 2.05) is 0 Å². The molecule has 0 amide bonds. The van der Waals surface area contributed by atoms with Crippen molar-refractivity contribution in [3.05, 3.63) is 21.3 Å². The van der Waals surface area contributed by atoms with E-state index in [2.05, 4.69) is 17.7 Å². The van der Waals surface area contributed by atoms with Crippen molar-refractivity contribution >= 4 is 30.0 Å². The van der Waals surface area contributed by atoms with Gasteiger partial charge in [0.1, 0.15) is 0 Å². The minimum Gasteiger partial charge on any atom is -0.358 e. The minimum atomic E-state index is -0.614. The fourth-order valence-electron chi connectivity index (χ4n) is 0.728. The summed E-state index contributed by atoms with van der Waals surface area (Å²) in [6.07, 6.45) is 1.41. The summed E-state index contributed by atoms with van der Waals surface area (Å²) in [5, 5.41) is 14.0. The molecule has 1 rings (SSSR count). The molecule has 0 aliphatic carbocycles. The molecule has 0 aliphatic rings. The van der Waals surface area contributed by atoms with Gasteiger partial charge in [-0.15, -0.1) is 0 Å². The van der Waals surface area contributed by atoms with Crippen LogP contribution in [0.2, 0.25) is 5.02 Å². The summed E-state index contributed by atoms with van der Waals surface area (Å²) in [5.74, 6) is 0.258. The molecule has 12 heavy (non-hydrogen) atoms. The number of rotatable bonds is 3. The fraction of sp³-hybridized carbons (Fsp3) is 0.400. The van der Waals surface area contributed by atoms with Crippen LogP contribution in [0.5, 0.6) is 0 Å². The van der Waals surface area contributed by atoms with Crippen molar-refractivity contribution in [2.75, 3.05) is 5.75 Å². The fourth-order valence-corrected chi connectivity index (χ4v) is 1.15. The third-order valence-corrected chi connectivity index (χ3v) is 1.67. The van der Waals surface area contributed by atoms with E-state index in [1.165, 1.54) is 10.9 Å². The van der Waals surface area contributed by atoms with Gasteiger partial charge in [-0.2, -0.15) is 17.3 Å². The molecule has 0 saturated heterocycles. The summed E-state index contributed by atoms with van der Waals surface area (Å²) in [4.78, 5) is 9.65. The van der Waals surface area contributed by atoms with Crippen molar-refractivity contribution in [3.63, 3.8) is 0 Å². The lowest BCUT2D eigenvalue weighted by Crippen LogP contribution is -2.00. The molecule has 0 N–H and O–H groups in total. The Kier molecular flexibility index (Phi) is 2.93. The Bertz CT molecular complexity index is 301. The number of hydrogen-bond acceptors (Lipinski definition) is 4. The number of nitrogens with zero attached hydrogens (tertiary/aromatic N) is 3. The first-order valence-electron chi connectivity index (χ1n) is 3.13. The average Bonchev–Trinajstić information content (AvgIpc) is 2.32. The van der Waals surface area contributed by atoms with Crippen molar-refractivity contribution in [2.45, 2.75) is 6.54 Å². The normalized spacial score (nSPS) is 10.2. The minimum absolute atomic E-state index is 0.0572. The standard InChI is InChI=1S/C5H6ClN3O2S/c6-4-3-8(1-2-12)7-5(4)9(10)11/h3,12H,1-2H2. The topological polar surface area (TPSA) is 61.0 Å². The van der Waals surface area contributed by atoms with E-state index in [0.717, 1.165) is 0 Å². The van der Waals surface area contributed by atoms with Gasteiger partial charge in [-0.25, -0.2) is 0 Å². The van der Waals surface area contributed by atoms with Gasteiger partial charge in [0.15, 0.2) is 5.02 Å². The summed E-state index contributed by atoms with van der Waals surface area (Å²) in [5.41, 5.74) is 0. The molecule has 5 nitrogen and oxygen atoms in total. The van der Waals surface area contributed by atoms with Crippen molar-refractivity contribution in [1.82, 2.24) is 9.78 Å². The van der Waals surface area contributed by atoms with Gasteiger partial charge < -0.3 is 10.1 Å². The lowest BCUT2D eigenvalue weighted by atomic mass is 10.6. The number of hydrogen-bond donors (Lipinski definition) is 1. The monoisotopic (exact) mass is 207 g/mol. The van der Waals surface area contributed by atoms with E-state index in [9.17, 15) is 10.1 Å². The highest BCUT2D eigenvalue weighted by Crippen LogP contribution is 2.20. The van der Waals surface area contributed by atoms with Crippen LogP contribution in [0.25, 0.3) is 0 Å². The maximum atomic E-state index is 10.3. The van der Waals surface area contributed by atoms with Crippen molar-refractivity contribution in [3.8, 4) is 0 Å². The average molecular weight is 208 g/mol. The molecule has 0 bridgehead atoms. The quantitative estimate of drug-likeness (QED) is 0.463. The van der Waals surface area contributed by atoms with Gasteiger partial charge in [0.2, 0.25) is 0 Å². The highest BCUT2D eigenvalue weighted by Gasteiger charge is 2.18. The first-order valence-corrected chi connectivity index (χ1v) is 4.14. The highest BCUT2D eigenvalue weighted by molar-refractivity contribution is 7.80. The third-order valence-electron chi connectivity index (χ3n) is 1.20. The molecular weight excluding hydrogens is 202 g/mol. The molecule has 0 unspecified atom stereocenters. The van der Waals surface area contributed by atoms with E-state index in [-0.39, 0.29) is 10.8 Å². The van der Waals surface area contributed by atoms with Crippen molar-refractivity contribution < 1.29 is 4.92 Å². The van der Waals surface area contributed by atoms with Crippen LogP contribution >= 0.6 is 24.2 Å². The number of nitro groups is 1. The van der Waals surface area contributed by atoms with Crippen LogP contribution in [-0.4, -0.2) is 20.5 Å². The summed E-state index contributed by atoms with van der Waals surface area (Å²) in [7, 11) is 0. The third kappa shape index (κ3) is 1.89. The predicted octanol–water partition coefficient (Wildman–Crippen LogP) is 1.37. The van der Waals surface area contributed by atoms with Crippen LogP contribution in [0.4, 0.5) is 5.82 Å². The molecule has 1 aromatic rings. The highest BCUT2D eigenvalue weighted by atomic mass is 35.5. The summed E-state index contributed by atoms with van der Waals surface area (Å²) in [6.45, 7) is 0.511. The largest absolute Gasteiger partial charge is 0.408 e. The van der Waals surface area contributed by atoms with E-state index in [0.29, 0.717) is 12.3 Å². The van der Waals surface area contributed by atoms with E-state index in [4.69, 9.17) is 11.6 Å².